The number of carboxylic acids is 1. The lowest BCUT2D eigenvalue weighted by atomic mass is 9.95. The molecule has 0 radical (unpaired) electrons. The third kappa shape index (κ3) is 2.89. The van der Waals surface area contributed by atoms with Crippen LogP contribution in [0.15, 0.2) is 42.5 Å². The van der Waals surface area contributed by atoms with Gasteiger partial charge in [-0.3, -0.25) is 0 Å². The highest BCUT2D eigenvalue weighted by molar-refractivity contribution is 6.04. The predicted octanol–water partition coefficient (Wildman–Crippen LogP) is 3.63. The monoisotopic (exact) mass is 340 g/mol. The quantitative estimate of drug-likeness (QED) is 0.671. The molecular weight excluding hydrogens is 324 g/mol. The van der Waals surface area contributed by atoms with Crippen LogP contribution < -0.4 is 9.47 Å². The van der Waals surface area contributed by atoms with Crippen molar-refractivity contribution < 1.29 is 29.6 Å². The Balaban J connectivity index is 2.35. The summed E-state index contributed by atoms with van der Waals surface area (Å²) in [6.45, 7) is 0. The maximum absolute atomic E-state index is 11.5. The molecule has 128 valence electrons. The fraction of sp³-hybridized carbons (Fsp3) is 0.105. The molecule has 0 heterocycles. The Morgan fingerprint density at radius 1 is 0.880 bits per heavy atom. The van der Waals surface area contributed by atoms with E-state index in [4.69, 9.17) is 9.47 Å². The molecule has 0 amide bonds. The van der Waals surface area contributed by atoms with Crippen LogP contribution in [-0.2, 0) is 0 Å². The molecule has 0 aliphatic heterocycles. The standard InChI is InChI=1S/C19H16O6/c1-24-17-7-10(3-4-15(17)20)13-6-12(19(22)23)5-11-8-18(25-2)16(21)9-14(11)13/h3-9,20-21H,1-2H3,(H,22,23). The summed E-state index contributed by atoms with van der Waals surface area (Å²) >= 11 is 0. The lowest BCUT2D eigenvalue weighted by Gasteiger charge is -2.13. The summed E-state index contributed by atoms with van der Waals surface area (Å²) in [5.74, 6) is -0.617. The fourth-order valence-corrected chi connectivity index (χ4v) is 2.75. The van der Waals surface area contributed by atoms with Crippen LogP contribution in [0.1, 0.15) is 10.4 Å². The number of benzene rings is 3. The summed E-state index contributed by atoms with van der Waals surface area (Å²) in [6.07, 6.45) is 0. The molecule has 3 N–H and O–H groups in total. The summed E-state index contributed by atoms with van der Waals surface area (Å²) in [5.41, 5.74) is 1.33. The van der Waals surface area contributed by atoms with Crippen molar-refractivity contribution in [2.24, 2.45) is 0 Å². The Hall–Kier alpha value is -3.41. The summed E-state index contributed by atoms with van der Waals surface area (Å²) in [5, 5.41) is 30.5. The number of ether oxygens (including phenoxy) is 2. The molecule has 0 fully saturated rings. The number of hydrogen-bond acceptors (Lipinski definition) is 5. The Kier molecular flexibility index (Phi) is 4.10. The van der Waals surface area contributed by atoms with E-state index in [-0.39, 0.29) is 28.6 Å². The van der Waals surface area contributed by atoms with Gasteiger partial charge < -0.3 is 24.8 Å². The molecule has 0 spiro atoms. The summed E-state index contributed by atoms with van der Waals surface area (Å²) in [6, 6.07) is 10.9. The van der Waals surface area contributed by atoms with Gasteiger partial charge in [0.15, 0.2) is 23.0 Å². The van der Waals surface area contributed by atoms with Gasteiger partial charge in [-0.15, -0.1) is 0 Å². The molecule has 6 nitrogen and oxygen atoms in total. The van der Waals surface area contributed by atoms with E-state index >= 15 is 0 Å². The predicted molar refractivity (Wildman–Crippen MR) is 92.8 cm³/mol. The van der Waals surface area contributed by atoms with E-state index in [1.54, 1.807) is 18.2 Å². The fourth-order valence-electron chi connectivity index (χ4n) is 2.75. The van der Waals surface area contributed by atoms with Crippen molar-refractivity contribution in [3.8, 4) is 34.1 Å². The van der Waals surface area contributed by atoms with Crippen LogP contribution in [0, 0.1) is 0 Å². The van der Waals surface area contributed by atoms with Crippen molar-refractivity contribution in [2.75, 3.05) is 14.2 Å². The molecule has 3 aromatic rings. The van der Waals surface area contributed by atoms with Crippen LogP contribution >= 0.6 is 0 Å². The molecule has 25 heavy (non-hydrogen) atoms. The third-order valence-corrected chi connectivity index (χ3v) is 3.99. The molecule has 0 atom stereocenters. The van der Waals surface area contributed by atoms with E-state index in [9.17, 15) is 20.1 Å². The molecule has 0 aromatic heterocycles. The zero-order chi connectivity index (χ0) is 18.1. The molecule has 0 saturated heterocycles. The summed E-state index contributed by atoms with van der Waals surface area (Å²) in [4.78, 5) is 11.5. The molecular formula is C19H16O6. The van der Waals surface area contributed by atoms with E-state index in [1.165, 1.54) is 38.5 Å². The topological polar surface area (TPSA) is 96.2 Å². The maximum Gasteiger partial charge on any atom is 0.335 e. The van der Waals surface area contributed by atoms with E-state index in [1.807, 2.05) is 0 Å². The second-order valence-corrected chi connectivity index (χ2v) is 5.46. The number of phenols is 2. The highest BCUT2D eigenvalue weighted by Gasteiger charge is 2.15. The number of hydrogen-bond donors (Lipinski definition) is 3. The largest absolute Gasteiger partial charge is 0.504 e. The van der Waals surface area contributed by atoms with Gasteiger partial charge in [0.25, 0.3) is 0 Å². The van der Waals surface area contributed by atoms with E-state index in [0.29, 0.717) is 21.9 Å². The number of rotatable bonds is 4. The lowest BCUT2D eigenvalue weighted by Crippen LogP contribution is -1.98. The van der Waals surface area contributed by atoms with Crippen LogP contribution in [0.3, 0.4) is 0 Å². The van der Waals surface area contributed by atoms with Crippen LogP contribution in [0.2, 0.25) is 0 Å². The smallest absolute Gasteiger partial charge is 0.335 e. The third-order valence-electron chi connectivity index (χ3n) is 3.99. The van der Waals surface area contributed by atoms with Crippen molar-refractivity contribution in [1.29, 1.82) is 0 Å². The van der Waals surface area contributed by atoms with E-state index < -0.39 is 5.97 Å². The molecule has 0 saturated carbocycles. The number of aromatic carboxylic acids is 1. The second kappa shape index (κ2) is 6.24. The average Bonchev–Trinajstić information content (AvgIpc) is 2.60. The maximum atomic E-state index is 11.5. The van der Waals surface area contributed by atoms with Gasteiger partial charge >= 0.3 is 5.97 Å². The van der Waals surface area contributed by atoms with Crippen LogP contribution in [0.5, 0.6) is 23.0 Å². The highest BCUT2D eigenvalue weighted by atomic mass is 16.5. The Bertz CT molecular complexity index is 977. The molecule has 3 aromatic carbocycles. The SMILES string of the molecule is COc1cc(-c2cc(C(=O)O)cc3cc(OC)c(O)cc23)ccc1O. The zero-order valence-electron chi connectivity index (χ0n) is 13.6. The average molecular weight is 340 g/mol. The highest BCUT2D eigenvalue weighted by Crippen LogP contribution is 2.39. The minimum Gasteiger partial charge on any atom is -0.504 e. The number of carboxylic acid groups (broad SMARTS) is 1. The summed E-state index contributed by atoms with van der Waals surface area (Å²) in [7, 11) is 2.86. The molecule has 0 bridgehead atoms. The second-order valence-electron chi connectivity index (χ2n) is 5.46. The van der Waals surface area contributed by atoms with Crippen LogP contribution in [0.25, 0.3) is 21.9 Å². The van der Waals surface area contributed by atoms with Gasteiger partial charge in [-0.25, -0.2) is 4.79 Å². The molecule has 6 heteroatoms. The zero-order valence-corrected chi connectivity index (χ0v) is 13.6. The van der Waals surface area contributed by atoms with Crippen LogP contribution in [0.4, 0.5) is 0 Å². The Morgan fingerprint density at radius 2 is 1.56 bits per heavy atom. The van der Waals surface area contributed by atoms with Crippen molar-refractivity contribution >= 4 is 16.7 Å². The van der Waals surface area contributed by atoms with E-state index in [2.05, 4.69) is 0 Å². The van der Waals surface area contributed by atoms with Gasteiger partial charge in [0.1, 0.15) is 0 Å². The first-order valence-electron chi connectivity index (χ1n) is 7.40. The van der Waals surface area contributed by atoms with Gasteiger partial charge in [0.2, 0.25) is 0 Å². The first-order chi connectivity index (χ1) is 11.9. The van der Waals surface area contributed by atoms with Crippen molar-refractivity contribution in [2.45, 2.75) is 0 Å². The Labute approximate surface area is 143 Å². The number of phenolic OH excluding ortho intramolecular Hbond substituents is 2. The van der Waals surface area contributed by atoms with Crippen molar-refractivity contribution in [3.05, 3.63) is 48.0 Å². The first-order valence-corrected chi connectivity index (χ1v) is 7.40. The number of methoxy groups -OCH3 is 2. The Morgan fingerprint density at radius 3 is 2.20 bits per heavy atom. The van der Waals surface area contributed by atoms with Gasteiger partial charge in [-0.05, 0) is 58.3 Å². The van der Waals surface area contributed by atoms with Crippen molar-refractivity contribution in [1.82, 2.24) is 0 Å². The van der Waals surface area contributed by atoms with Gasteiger partial charge in [-0.1, -0.05) is 6.07 Å². The molecule has 3 rings (SSSR count). The van der Waals surface area contributed by atoms with E-state index in [0.717, 1.165) is 0 Å². The van der Waals surface area contributed by atoms with Gasteiger partial charge in [0, 0.05) is 0 Å². The van der Waals surface area contributed by atoms with Crippen LogP contribution in [-0.4, -0.2) is 35.5 Å². The molecule has 0 unspecified atom stereocenters. The minimum absolute atomic E-state index is 0.0190. The molecule has 0 aliphatic rings. The van der Waals surface area contributed by atoms with Crippen molar-refractivity contribution in [3.63, 3.8) is 0 Å². The number of aromatic hydroxyl groups is 2. The summed E-state index contributed by atoms with van der Waals surface area (Å²) < 4.78 is 10.2. The van der Waals surface area contributed by atoms with Gasteiger partial charge in [0.05, 0.1) is 19.8 Å². The minimum atomic E-state index is -1.07. The number of carbonyl (C=O) groups is 1. The first kappa shape index (κ1) is 16.4. The molecule has 0 aliphatic carbocycles. The normalized spacial score (nSPS) is 10.6. The lowest BCUT2D eigenvalue weighted by molar-refractivity contribution is 0.0697. The number of fused-ring (bicyclic) bond motifs is 1. The van der Waals surface area contributed by atoms with Gasteiger partial charge in [-0.2, -0.15) is 0 Å².